The monoisotopic (exact) mass is 315 g/mol. The van der Waals surface area contributed by atoms with Crippen LogP contribution in [0.2, 0.25) is 0 Å². The minimum absolute atomic E-state index is 0.0251. The fourth-order valence-corrected chi connectivity index (χ4v) is 2.58. The lowest BCUT2D eigenvalue weighted by atomic mass is 9.98. The van der Waals surface area contributed by atoms with Crippen molar-refractivity contribution in [2.24, 2.45) is 0 Å². The molecular formula is C15H17N5O3. The van der Waals surface area contributed by atoms with Crippen molar-refractivity contribution < 1.29 is 9.59 Å². The van der Waals surface area contributed by atoms with Crippen LogP contribution in [0, 0.1) is 0 Å². The number of H-pyrrole nitrogens is 1. The predicted octanol–water partition coefficient (Wildman–Crippen LogP) is 0.333. The number of nitrogens with zero attached hydrogens (tertiary/aromatic N) is 2. The summed E-state index contributed by atoms with van der Waals surface area (Å²) in [5.74, 6) is -0.246. The van der Waals surface area contributed by atoms with Crippen LogP contribution in [0.1, 0.15) is 30.5 Å². The molecule has 3 N–H and O–H groups in total. The molecule has 0 bridgehead atoms. The average molecular weight is 315 g/mol. The van der Waals surface area contributed by atoms with E-state index in [0.29, 0.717) is 12.8 Å². The van der Waals surface area contributed by atoms with Crippen LogP contribution >= 0.6 is 0 Å². The van der Waals surface area contributed by atoms with Gasteiger partial charge in [0, 0.05) is 12.1 Å². The average Bonchev–Trinajstić information content (AvgIpc) is 2.91. The van der Waals surface area contributed by atoms with E-state index in [2.05, 4.69) is 20.8 Å². The van der Waals surface area contributed by atoms with Gasteiger partial charge in [-0.3, -0.25) is 14.2 Å². The number of fused-ring (bicyclic) bond motifs is 1. The largest absolute Gasteiger partial charge is 0.348 e. The first-order valence-electron chi connectivity index (χ1n) is 7.35. The molecule has 0 fully saturated rings. The van der Waals surface area contributed by atoms with Crippen molar-refractivity contribution in [3.8, 4) is 0 Å². The number of carbonyl (C=O) groups is 2. The Hall–Kier alpha value is -2.90. The third kappa shape index (κ3) is 3.31. The standard InChI is InChI=1S/C15H17N5O3/c1-9(17-14(22)7-20-8-16-19-15(20)23)10-2-4-12-11(6-10)3-5-13(21)18-12/h2,4,6,8-9H,3,5,7H2,1H3,(H,17,22)(H,18,21)(H,19,23). The first-order chi connectivity index (χ1) is 11.0. The SMILES string of the molecule is CC(NC(=O)Cn1cn[nH]c1=O)c1ccc2c(c1)CCC(=O)N2. The van der Waals surface area contributed by atoms with Crippen LogP contribution in [-0.4, -0.2) is 26.6 Å². The maximum absolute atomic E-state index is 12.0. The van der Waals surface area contributed by atoms with Gasteiger partial charge >= 0.3 is 5.69 Å². The molecule has 1 atom stereocenters. The molecule has 1 aliphatic heterocycles. The van der Waals surface area contributed by atoms with Crippen LogP contribution in [0.3, 0.4) is 0 Å². The lowest BCUT2D eigenvalue weighted by Gasteiger charge is -2.20. The van der Waals surface area contributed by atoms with Gasteiger partial charge in [-0.1, -0.05) is 12.1 Å². The number of anilines is 1. The van der Waals surface area contributed by atoms with Crippen molar-refractivity contribution in [2.45, 2.75) is 32.4 Å². The van der Waals surface area contributed by atoms with E-state index in [0.717, 1.165) is 16.8 Å². The minimum atomic E-state index is -0.419. The highest BCUT2D eigenvalue weighted by Gasteiger charge is 2.17. The Morgan fingerprint density at radius 1 is 1.39 bits per heavy atom. The normalized spacial score (nSPS) is 14.7. The zero-order chi connectivity index (χ0) is 16.4. The van der Waals surface area contributed by atoms with Crippen molar-refractivity contribution >= 4 is 17.5 Å². The number of aromatic nitrogens is 3. The van der Waals surface area contributed by atoms with Gasteiger partial charge in [-0.15, -0.1) is 0 Å². The van der Waals surface area contributed by atoms with Crippen molar-refractivity contribution in [2.75, 3.05) is 5.32 Å². The molecule has 1 aliphatic rings. The van der Waals surface area contributed by atoms with Crippen LogP contribution in [0.25, 0.3) is 0 Å². The van der Waals surface area contributed by atoms with E-state index < -0.39 is 5.69 Å². The van der Waals surface area contributed by atoms with Gasteiger partial charge in [0.05, 0.1) is 6.04 Å². The molecule has 0 saturated carbocycles. The molecule has 3 rings (SSSR count). The Balaban J connectivity index is 1.67. The summed E-state index contributed by atoms with van der Waals surface area (Å²) in [6.07, 6.45) is 2.45. The molecule has 1 aromatic carbocycles. The van der Waals surface area contributed by atoms with Crippen molar-refractivity contribution in [3.63, 3.8) is 0 Å². The summed E-state index contributed by atoms with van der Waals surface area (Å²) in [4.78, 5) is 34.7. The number of rotatable bonds is 4. The maximum atomic E-state index is 12.0. The summed E-state index contributed by atoms with van der Waals surface area (Å²) in [6.45, 7) is 1.79. The van der Waals surface area contributed by atoms with Crippen LogP contribution in [0.15, 0.2) is 29.3 Å². The fraction of sp³-hybridized carbons (Fsp3) is 0.333. The van der Waals surface area contributed by atoms with Gasteiger partial charge in [0.15, 0.2) is 0 Å². The van der Waals surface area contributed by atoms with E-state index >= 15 is 0 Å². The summed E-state index contributed by atoms with van der Waals surface area (Å²) < 4.78 is 1.20. The van der Waals surface area contributed by atoms with Gasteiger partial charge in [0.25, 0.3) is 0 Å². The van der Waals surface area contributed by atoms with E-state index in [4.69, 9.17) is 0 Å². The number of hydrogen-bond acceptors (Lipinski definition) is 4. The molecule has 2 amide bonds. The van der Waals surface area contributed by atoms with Crippen LogP contribution < -0.4 is 16.3 Å². The highest BCUT2D eigenvalue weighted by Crippen LogP contribution is 2.26. The lowest BCUT2D eigenvalue weighted by Crippen LogP contribution is -2.33. The van der Waals surface area contributed by atoms with Crippen LogP contribution in [0.4, 0.5) is 5.69 Å². The second kappa shape index (κ2) is 6.07. The van der Waals surface area contributed by atoms with Gasteiger partial charge < -0.3 is 10.6 Å². The zero-order valence-electron chi connectivity index (χ0n) is 12.6. The molecule has 0 radical (unpaired) electrons. The lowest BCUT2D eigenvalue weighted by molar-refractivity contribution is -0.122. The Kier molecular flexibility index (Phi) is 3.96. The van der Waals surface area contributed by atoms with E-state index in [-0.39, 0.29) is 24.4 Å². The van der Waals surface area contributed by atoms with E-state index in [1.165, 1.54) is 10.9 Å². The van der Waals surface area contributed by atoms with E-state index in [1.807, 2.05) is 25.1 Å². The maximum Gasteiger partial charge on any atom is 0.343 e. The molecule has 0 saturated heterocycles. The van der Waals surface area contributed by atoms with Crippen molar-refractivity contribution in [1.82, 2.24) is 20.1 Å². The van der Waals surface area contributed by atoms with Gasteiger partial charge in [0.1, 0.15) is 12.9 Å². The second-order valence-electron chi connectivity index (χ2n) is 5.54. The fourth-order valence-electron chi connectivity index (χ4n) is 2.58. The highest BCUT2D eigenvalue weighted by atomic mass is 16.2. The molecule has 0 aliphatic carbocycles. The van der Waals surface area contributed by atoms with Crippen LogP contribution in [-0.2, 0) is 22.6 Å². The molecule has 8 nitrogen and oxygen atoms in total. The summed E-state index contributed by atoms with van der Waals surface area (Å²) >= 11 is 0. The minimum Gasteiger partial charge on any atom is -0.348 e. The number of benzene rings is 1. The number of nitrogens with one attached hydrogen (secondary N) is 3. The van der Waals surface area contributed by atoms with Crippen molar-refractivity contribution in [1.29, 1.82) is 0 Å². The Bertz CT molecular complexity index is 807. The Morgan fingerprint density at radius 2 is 2.22 bits per heavy atom. The number of amides is 2. The highest BCUT2D eigenvalue weighted by molar-refractivity contribution is 5.93. The smallest absolute Gasteiger partial charge is 0.343 e. The van der Waals surface area contributed by atoms with Crippen molar-refractivity contribution in [3.05, 3.63) is 46.1 Å². The third-order valence-corrected chi connectivity index (χ3v) is 3.83. The van der Waals surface area contributed by atoms with E-state index in [9.17, 15) is 14.4 Å². The quantitative estimate of drug-likeness (QED) is 0.755. The molecule has 120 valence electrons. The van der Waals surface area contributed by atoms with E-state index in [1.54, 1.807) is 0 Å². The second-order valence-corrected chi connectivity index (χ2v) is 5.54. The molecule has 8 heteroatoms. The molecule has 1 unspecified atom stereocenters. The summed E-state index contributed by atoms with van der Waals surface area (Å²) in [5, 5.41) is 11.5. The van der Waals surface area contributed by atoms with Gasteiger partial charge in [-0.25, -0.2) is 9.89 Å². The zero-order valence-corrected chi connectivity index (χ0v) is 12.6. The molecule has 0 spiro atoms. The first kappa shape index (κ1) is 15.0. The Morgan fingerprint density at radius 3 is 2.96 bits per heavy atom. The number of carbonyl (C=O) groups excluding carboxylic acids is 2. The third-order valence-electron chi connectivity index (χ3n) is 3.83. The number of hydrogen-bond donors (Lipinski definition) is 3. The number of aryl methyl sites for hydroxylation is 1. The van der Waals surface area contributed by atoms with Gasteiger partial charge in [-0.2, -0.15) is 5.10 Å². The molecule has 2 heterocycles. The topological polar surface area (TPSA) is 109 Å². The molecule has 23 heavy (non-hydrogen) atoms. The molecule has 2 aromatic rings. The summed E-state index contributed by atoms with van der Waals surface area (Å²) in [7, 11) is 0. The van der Waals surface area contributed by atoms with Crippen LogP contribution in [0.5, 0.6) is 0 Å². The Labute approximate surface area is 131 Å². The summed E-state index contributed by atoms with van der Waals surface area (Å²) in [6, 6.07) is 5.52. The first-order valence-corrected chi connectivity index (χ1v) is 7.35. The predicted molar refractivity (Wildman–Crippen MR) is 82.8 cm³/mol. The molecule has 1 aromatic heterocycles. The molecular weight excluding hydrogens is 298 g/mol. The number of aromatic amines is 1. The van der Waals surface area contributed by atoms with Gasteiger partial charge in [0.2, 0.25) is 11.8 Å². The summed E-state index contributed by atoms with van der Waals surface area (Å²) in [5.41, 5.74) is 2.42. The van der Waals surface area contributed by atoms with Gasteiger partial charge in [-0.05, 0) is 30.5 Å².